The summed E-state index contributed by atoms with van der Waals surface area (Å²) >= 11 is 1.66. The molecule has 2 N–H and O–H groups in total. The lowest BCUT2D eigenvalue weighted by Gasteiger charge is -2.27. The molecular weight excluding hydrogens is 320 g/mol. The van der Waals surface area contributed by atoms with Crippen LogP contribution in [0.2, 0.25) is 0 Å². The second-order valence-electron chi connectivity index (χ2n) is 6.14. The van der Waals surface area contributed by atoms with Crippen molar-refractivity contribution in [2.24, 2.45) is 0 Å². The van der Waals surface area contributed by atoms with Crippen molar-refractivity contribution in [3.05, 3.63) is 45.8 Å². The van der Waals surface area contributed by atoms with E-state index in [0.717, 1.165) is 24.5 Å². The van der Waals surface area contributed by atoms with Gasteiger partial charge < -0.3 is 15.5 Å². The van der Waals surface area contributed by atoms with Crippen LogP contribution in [0.3, 0.4) is 0 Å². The highest BCUT2D eigenvalue weighted by atomic mass is 32.1. The monoisotopic (exact) mass is 344 g/mol. The number of urea groups is 1. The van der Waals surface area contributed by atoms with Crippen molar-refractivity contribution < 1.29 is 4.79 Å². The number of hydrogen-bond donors (Lipinski definition) is 2. The molecule has 2 amide bonds. The average Bonchev–Trinajstić information content (AvgIpc) is 3.04. The van der Waals surface area contributed by atoms with Gasteiger partial charge in [0.25, 0.3) is 0 Å². The van der Waals surface area contributed by atoms with Gasteiger partial charge in [-0.2, -0.15) is 0 Å². The largest absolute Gasteiger partial charge is 0.357 e. The predicted molar refractivity (Wildman–Crippen MR) is 98.4 cm³/mol. The molecule has 5 nitrogen and oxygen atoms in total. The smallest absolute Gasteiger partial charge is 0.315 e. The van der Waals surface area contributed by atoms with Gasteiger partial charge in [0.05, 0.1) is 6.54 Å². The van der Waals surface area contributed by atoms with Gasteiger partial charge in [-0.15, -0.1) is 11.3 Å². The predicted octanol–water partition coefficient (Wildman–Crippen LogP) is 3.44. The van der Waals surface area contributed by atoms with Crippen LogP contribution >= 0.6 is 11.3 Å². The Hall–Kier alpha value is -2.08. The first-order chi connectivity index (χ1) is 11.7. The third-order valence-electron chi connectivity index (χ3n) is 4.32. The molecule has 3 rings (SSSR count). The van der Waals surface area contributed by atoms with E-state index in [4.69, 9.17) is 0 Å². The minimum atomic E-state index is -0.150. The van der Waals surface area contributed by atoms with E-state index in [1.54, 1.807) is 11.3 Å². The van der Waals surface area contributed by atoms with E-state index in [1.165, 1.54) is 29.7 Å². The van der Waals surface area contributed by atoms with E-state index in [9.17, 15) is 4.79 Å². The summed E-state index contributed by atoms with van der Waals surface area (Å²) in [6.07, 6.45) is 5.66. The molecule has 24 heavy (non-hydrogen) atoms. The molecule has 1 fully saturated rings. The summed E-state index contributed by atoms with van der Waals surface area (Å²) in [5.41, 5.74) is 2.23. The first kappa shape index (κ1) is 16.8. The SMILES string of the molecule is Cc1ccsc1CNC(=O)NCc1ccc(N2CCCCC2)nc1. The van der Waals surface area contributed by atoms with Gasteiger partial charge in [0.1, 0.15) is 5.82 Å². The van der Waals surface area contributed by atoms with Gasteiger partial charge in [-0.25, -0.2) is 9.78 Å². The average molecular weight is 344 g/mol. The summed E-state index contributed by atoms with van der Waals surface area (Å²) in [6.45, 7) is 5.30. The van der Waals surface area contributed by atoms with Crippen LogP contribution in [0.15, 0.2) is 29.8 Å². The molecule has 0 atom stereocenters. The number of aromatic nitrogens is 1. The summed E-state index contributed by atoms with van der Waals surface area (Å²) in [7, 11) is 0. The van der Waals surface area contributed by atoms with Crippen molar-refractivity contribution in [2.75, 3.05) is 18.0 Å². The van der Waals surface area contributed by atoms with Crippen LogP contribution < -0.4 is 15.5 Å². The number of amides is 2. The van der Waals surface area contributed by atoms with E-state index in [2.05, 4.69) is 39.6 Å². The quantitative estimate of drug-likeness (QED) is 0.873. The van der Waals surface area contributed by atoms with Crippen molar-refractivity contribution in [2.45, 2.75) is 39.3 Å². The zero-order chi connectivity index (χ0) is 16.8. The third kappa shape index (κ3) is 4.47. The fourth-order valence-corrected chi connectivity index (χ4v) is 3.67. The minimum absolute atomic E-state index is 0.150. The second-order valence-corrected chi connectivity index (χ2v) is 7.14. The lowest BCUT2D eigenvalue weighted by atomic mass is 10.1. The van der Waals surface area contributed by atoms with Crippen LogP contribution in [0.4, 0.5) is 10.6 Å². The Balaban J connectivity index is 1.44. The van der Waals surface area contributed by atoms with Crippen LogP contribution in [0.1, 0.15) is 35.3 Å². The summed E-state index contributed by atoms with van der Waals surface area (Å²) in [6, 6.07) is 6.01. The van der Waals surface area contributed by atoms with E-state index < -0.39 is 0 Å². The van der Waals surface area contributed by atoms with Crippen molar-refractivity contribution >= 4 is 23.2 Å². The molecule has 3 heterocycles. The number of pyridine rings is 1. The highest BCUT2D eigenvalue weighted by Gasteiger charge is 2.11. The maximum absolute atomic E-state index is 11.9. The first-order valence-corrected chi connectivity index (χ1v) is 9.35. The molecule has 2 aromatic rings. The first-order valence-electron chi connectivity index (χ1n) is 8.47. The zero-order valence-electron chi connectivity index (χ0n) is 14.0. The summed E-state index contributed by atoms with van der Waals surface area (Å²) < 4.78 is 0. The number of nitrogens with zero attached hydrogens (tertiary/aromatic N) is 2. The fraction of sp³-hybridized carbons (Fsp3) is 0.444. The van der Waals surface area contributed by atoms with Crippen molar-refractivity contribution in [1.29, 1.82) is 0 Å². The molecule has 0 saturated carbocycles. The van der Waals surface area contributed by atoms with Crippen molar-refractivity contribution in [3.63, 3.8) is 0 Å². The summed E-state index contributed by atoms with van der Waals surface area (Å²) in [5, 5.41) is 7.81. The van der Waals surface area contributed by atoms with E-state index in [1.807, 2.05) is 17.6 Å². The molecule has 0 unspecified atom stereocenters. The maximum atomic E-state index is 11.9. The lowest BCUT2D eigenvalue weighted by molar-refractivity contribution is 0.240. The lowest BCUT2D eigenvalue weighted by Crippen LogP contribution is -2.34. The van der Waals surface area contributed by atoms with E-state index >= 15 is 0 Å². The zero-order valence-corrected chi connectivity index (χ0v) is 14.9. The van der Waals surface area contributed by atoms with Gasteiger partial charge in [0.15, 0.2) is 0 Å². The molecule has 128 valence electrons. The van der Waals surface area contributed by atoms with Gasteiger partial charge in [-0.3, -0.25) is 0 Å². The number of thiophene rings is 1. The molecule has 1 saturated heterocycles. The Morgan fingerprint density at radius 1 is 1.17 bits per heavy atom. The van der Waals surface area contributed by atoms with Crippen LogP contribution in [0.5, 0.6) is 0 Å². The molecule has 0 spiro atoms. The van der Waals surface area contributed by atoms with Crippen molar-refractivity contribution in [1.82, 2.24) is 15.6 Å². The van der Waals surface area contributed by atoms with E-state index in [-0.39, 0.29) is 6.03 Å². The molecule has 1 aliphatic rings. The third-order valence-corrected chi connectivity index (χ3v) is 5.34. The Kier molecular flexibility index (Phi) is 5.69. The number of nitrogens with one attached hydrogen (secondary N) is 2. The summed E-state index contributed by atoms with van der Waals surface area (Å²) in [4.78, 5) is 19.9. The van der Waals surface area contributed by atoms with Gasteiger partial charge in [-0.05, 0) is 54.8 Å². The van der Waals surface area contributed by atoms with Crippen LogP contribution in [0, 0.1) is 6.92 Å². The Bertz CT molecular complexity index is 662. The molecule has 1 aliphatic heterocycles. The second kappa shape index (κ2) is 8.15. The number of carbonyl (C=O) groups is 1. The topological polar surface area (TPSA) is 57.3 Å². The highest BCUT2D eigenvalue weighted by Crippen LogP contribution is 2.17. The molecular formula is C18H24N4OS. The normalized spacial score (nSPS) is 14.5. The molecule has 0 aliphatic carbocycles. The Labute approximate surface area is 147 Å². The Morgan fingerprint density at radius 3 is 2.62 bits per heavy atom. The number of anilines is 1. The fourth-order valence-electron chi connectivity index (χ4n) is 2.82. The number of rotatable bonds is 5. The number of hydrogen-bond acceptors (Lipinski definition) is 4. The molecule has 2 aromatic heterocycles. The standard InChI is InChI=1S/C18H24N4OS/c1-14-7-10-24-16(14)13-21-18(23)20-12-15-5-6-17(19-11-15)22-8-3-2-4-9-22/h5-7,10-11H,2-4,8-9,12-13H2,1H3,(H2,20,21,23). The molecule has 6 heteroatoms. The number of aryl methyl sites for hydroxylation is 1. The van der Waals surface area contributed by atoms with Gasteiger partial charge in [0.2, 0.25) is 0 Å². The van der Waals surface area contributed by atoms with Crippen LogP contribution in [-0.2, 0) is 13.1 Å². The number of carbonyl (C=O) groups excluding carboxylic acids is 1. The van der Waals surface area contributed by atoms with Gasteiger partial charge >= 0.3 is 6.03 Å². The Morgan fingerprint density at radius 2 is 1.96 bits per heavy atom. The number of piperidine rings is 1. The molecule has 0 radical (unpaired) electrons. The van der Waals surface area contributed by atoms with E-state index in [0.29, 0.717) is 13.1 Å². The molecule has 0 bridgehead atoms. The van der Waals surface area contributed by atoms with Gasteiger partial charge in [0, 0.05) is 30.7 Å². The van der Waals surface area contributed by atoms with Crippen LogP contribution in [0.25, 0.3) is 0 Å². The molecule has 0 aromatic carbocycles. The summed E-state index contributed by atoms with van der Waals surface area (Å²) in [5.74, 6) is 1.04. The minimum Gasteiger partial charge on any atom is -0.357 e. The van der Waals surface area contributed by atoms with Crippen LogP contribution in [-0.4, -0.2) is 24.1 Å². The van der Waals surface area contributed by atoms with Crippen molar-refractivity contribution in [3.8, 4) is 0 Å². The maximum Gasteiger partial charge on any atom is 0.315 e. The van der Waals surface area contributed by atoms with Gasteiger partial charge in [-0.1, -0.05) is 6.07 Å². The highest BCUT2D eigenvalue weighted by molar-refractivity contribution is 7.10.